The summed E-state index contributed by atoms with van der Waals surface area (Å²) >= 11 is 13.8. The lowest BCUT2D eigenvalue weighted by Gasteiger charge is -2.29. The number of aliphatic hydroxyl groups is 1. The van der Waals surface area contributed by atoms with Crippen molar-refractivity contribution in [3.63, 3.8) is 0 Å². The van der Waals surface area contributed by atoms with Gasteiger partial charge in [0.05, 0.1) is 28.8 Å². The maximum absolute atomic E-state index is 11.8. The lowest BCUT2D eigenvalue weighted by Crippen LogP contribution is -2.52. The number of halogens is 2. The van der Waals surface area contributed by atoms with Crippen molar-refractivity contribution in [1.82, 2.24) is 15.2 Å². The number of aromatic nitrogens is 1. The van der Waals surface area contributed by atoms with Gasteiger partial charge in [0.1, 0.15) is 41.6 Å². The van der Waals surface area contributed by atoms with Crippen LogP contribution < -0.4 is 19.5 Å². The SMILES string of the molecule is CN1CCCC(COc2cccc(-c3cccc4c3CC[C@@H]4Oc3cc(OCc4cncc(C#N)c4)c(CNC(C)(CO)C(=O)O)cc3Cl)c2Cl)C1. The summed E-state index contributed by atoms with van der Waals surface area (Å²) in [5.41, 5.74) is 4.18. The Bertz CT molecular complexity index is 1970. The van der Waals surface area contributed by atoms with Crippen LogP contribution in [-0.4, -0.2) is 65.0 Å². The average molecular weight is 746 g/mol. The molecule has 1 saturated heterocycles. The molecular weight excluding hydrogens is 703 g/mol. The molecule has 0 amide bonds. The third-order valence-corrected chi connectivity index (χ3v) is 10.5. The van der Waals surface area contributed by atoms with Gasteiger partial charge in [0, 0.05) is 54.2 Å². The zero-order valence-corrected chi connectivity index (χ0v) is 30.7. The molecule has 6 rings (SSSR count). The predicted molar refractivity (Wildman–Crippen MR) is 199 cm³/mol. The summed E-state index contributed by atoms with van der Waals surface area (Å²) < 4.78 is 19.1. The summed E-state index contributed by atoms with van der Waals surface area (Å²) in [5, 5.41) is 32.6. The van der Waals surface area contributed by atoms with E-state index in [-0.39, 0.29) is 19.3 Å². The van der Waals surface area contributed by atoms with Crippen LogP contribution in [0.3, 0.4) is 0 Å². The molecule has 272 valence electrons. The second-order valence-electron chi connectivity index (χ2n) is 13.7. The monoisotopic (exact) mass is 744 g/mol. The maximum Gasteiger partial charge on any atom is 0.326 e. The van der Waals surface area contributed by atoms with Crippen molar-refractivity contribution in [2.75, 3.05) is 33.4 Å². The summed E-state index contributed by atoms with van der Waals surface area (Å²) in [4.78, 5) is 18.3. The first kappa shape index (κ1) is 37.4. The molecule has 1 aliphatic carbocycles. The normalized spacial score (nSPS) is 18.2. The Morgan fingerprint density at radius 2 is 1.88 bits per heavy atom. The first-order valence-electron chi connectivity index (χ1n) is 17.4. The summed E-state index contributed by atoms with van der Waals surface area (Å²) in [5.74, 6) is 0.753. The summed E-state index contributed by atoms with van der Waals surface area (Å²) in [6.07, 6.45) is 6.58. The Hall–Kier alpha value is -4.37. The lowest BCUT2D eigenvalue weighted by atomic mass is 9.96. The van der Waals surface area contributed by atoms with Crippen molar-refractivity contribution in [1.29, 1.82) is 5.26 Å². The number of hydrogen-bond donors (Lipinski definition) is 3. The molecule has 12 heteroatoms. The van der Waals surface area contributed by atoms with E-state index in [1.807, 2.05) is 24.3 Å². The number of piperidine rings is 1. The van der Waals surface area contributed by atoms with Gasteiger partial charge in [-0.2, -0.15) is 5.26 Å². The van der Waals surface area contributed by atoms with Gasteiger partial charge in [0.15, 0.2) is 0 Å². The van der Waals surface area contributed by atoms with E-state index in [9.17, 15) is 20.3 Å². The number of carboxylic acids is 1. The molecule has 0 spiro atoms. The molecule has 3 atom stereocenters. The van der Waals surface area contributed by atoms with Crippen molar-refractivity contribution in [3.8, 4) is 34.4 Å². The molecule has 3 aromatic carbocycles. The molecule has 0 saturated carbocycles. The van der Waals surface area contributed by atoms with Crippen molar-refractivity contribution < 1.29 is 29.2 Å². The van der Waals surface area contributed by atoms with Gasteiger partial charge in [-0.05, 0) is 81.1 Å². The molecule has 2 aliphatic rings. The number of nitrogens with one attached hydrogen (secondary N) is 1. The van der Waals surface area contributed by atoms with E-state index in [0.29, 0.717) is 62.9 Å². The number of carboxylic acid groups (broad SMARTS) is 1. The van der Waals surface area contributed by atoms with E-state index in [0.717, 1.165) is 48.2 Å². The number of rotatable bonds is 14. The second kappa shape index (κ2) is 16.5. The number of benzene rings is 3. The van der Waals surface area contributed by atoms with Crippen molar-refractivity contribution >= 4 is 29.2 Å². The standard InChI is InChI=1S/C40H42Cl2N4O6/c1-40(24-47,39(48)49)45-20-28-15-33(41)37(16-36(28)51-23-27-14-26(17-43)18-44-19-27)52-34-12-11-30-29(7-3-8-31(30)34)32-9-4-10-35(38(32)42)50-22-25-6-5-13-46(2)21-25/h3-4,7-10,14-16,18-19,25,34,45,47H,5-6,11-13,20-24H2,1-2H3,(H,48,49)/t25?,34-,40?/m0/s1. The van der Waals surface area contributed by atoms with Gasteiger partial charge in [-0.15, -0.1) is 0 Å². The van der Waals surface area contributed by atoms with Gasteiger partial charge in [-0.3, -0.25) is 15.1 Å². The number of fused-ring (bicyclic) bond motifs is 1. The molecule has 52 heavy (non-hydrogen) atoms. The Balaban J connectivity index is 1.24. The number of carbonyl (C=O) groups is 1. The topological polar surface area (TPSA) is 137 Å². The van der Waals surface area contributed by atoms with Gasteiger partial charge in [0.25, 0.3) is 0 Å². The van der Waals surface area contributed by atoms with E-state index in [4.69, 9.17) is 37.4 Å². The Labute approximate surface area is 313 Å². The van der Waals surface area contributed by atoms with E-state index < -0.39 is 18.1 Å². The van der Waals surface area contributed by atoms with Gasteiger partial charge in [0.2, 0.25) is 0 Å². The molecule has 0 radical (unpaired) electrons. The van der Waals surface area contributed by atoms with Gasteiger partial charge in [-0.25, -0.2) is 0 Å². The number of aliphatic carboxylic acids is 1. The summed E-state index contributed by atoms with van der Waals surface area (Å²) in [7, 11) is 2.15. The zero-order chi connectivity index (χ0) is 36.8. The molecule has 4 aromatic rings. The number of hydrogen-bond acceptors (Lipinski definition) is 9. The van der Waals surface area contributed by atoms with Crippen LogP contribution in [0, 0.1) is 17.2 Å². The minimum absolute atomic E-state index is 0.0338. The molecular formula is C40H42Cl2N4O6. The van der Waals surface area contributed by atoms with Crippen LogP contribution in [0.1, 0.15) is 60.1 Å². The molecule has 1 aromatic heterocycles. The fourth-order valence-corrected chi connectivity index (χ4v) is 7.32. The smallest absolute Gasteiger partial charge is 0.326 e. The molecule has 1 aliphatic heterocycles. The third-order valence-electron chi connectivity index (χ3n) is 9.83. The number of nitriles is 1. The third kappa shape index (κ3) is 8.46. The van der Waals surface area contributed by atoms with Crippen LogP contribution in [0.2, 0.25) is 10.0 Å². The van der Waals surface area contributed by atoms with Crippen LogP contribution in [0.15, 0.2) is 67.0 Å². The van der Waals surface area contributed by atoms with Crippen LogP contribution in [0.5, 0.6) is 17.2 Å². The Kier molecular flexibility index (Phi) is 11.9. The Morgan fingerprint density at radius 1 is 1.08 bits per heavy atom. The molecule has 0 bridgehead atoms. The highest BCUT2D eigenvalue weighted by molar-refractivity contribution is 6.35. The molecule has 10 nitrogen and oxygen atoms in total. The largest absolute Gasteiger partial charge is 0.492 e. The molecule has 2 heterocycles. The number of aliphatic hydroxyl groups excluding tert-OH is 1. The van der Waals surface area contributed by atoms with Gasteiger partial charge < -0.3 is 29.3 Å². The second-order valence-corrected chi connectivity index (χ2v) is 14.5. The highest BCUT2D eigenvalue weighted by Gasteiger charge is 2.33. The highest BCUT2D eigenvalue weighted by Crippen LogP contribution is 2.45. The zero-order valence-electron chi connectivity index (χ0n) is 29.2. The highest BCUT2D eigenvalue weighted by atomic mass is 35.5. The fraction of sp³-hybridized carbons (Fsp3) is 0.375. The molecule has 2 unspecified atom stereocenters. The van der Waals surface area contributed by atoms with E-state index in [1.165, 1.54) is 19.5 Å². The van der Waals surface area contributed by atoms with Crippen LogP contribution in [0.4, 0.5) is 0 Å². The first-order chi connectivity index (χ1) is 25.1. The van der Waals surface area contributed by atoms with Crippen LogP contribution in [-0.2, 0) is 24.4 Å². The summed E-state index contributed by atoms with van der Waals surface area (Å²) in [6.45, 7) is 3.66. The number of nitrogens with zero attached hydrogens (tertiary/aromatic N) is 3. The van der Waals surface area contributed by atoms with Crippen LogP contribution >= 0.6 is 23.2 Å². The number of likely N-dealkylation sites (tertiary alicyclic amines) is 1. The molecule has 3 N–H and O–H groups in total. The van der Waals surface area contributed by atoms with Crippen molar-refractivity contribution in [2.45, 2.75) is 57.4 Å². The summed E-state index contributed by atoms with van der Waals surface area (Å²) in [6, 6.07) is 19.2. The quantitative estimate of drug-likeness (QED) is 0.121. The van der Waals surface area contributed by atoms with Gasteiger partial charge >= 0.3 is 5.97 Å². The van der Waals surface area contributed by atoms with E-state index in [2.05, 4.69) is 40.5 Å². The maximum atomic E-state index is 11.8. The first-order valence-corrected chi connectivity index (χ1v) is 18.1. The minimum Gasteiger partial charge on any atom is -0.492 e. The van der Waals surface area contributed by atoms with E-state index in [1.54, 1.807) is 24.4 Å². The van der Waals surface area contributed by atoms with Crippen LogP contribution in [0.25, 0.3) is 11.1 Å². The lowest BCUT2D eigenvalue weighted by molar-refractivity contribution is -0.145. The van der Waals surface area contributed by atoms with Crippen molar-refractivity contribution in [2.24, 2.45) is 5.92 Å². The predicted octanol–water partition coefficient (Wildman–Crippen LogP) is 7.22. The molecule has 1 fully saturated rings. The van der Waals surface area contributed by atoms with Crippen molar-refractivity contribution in [3.05, 3.63) is 105 Å². The fourth-order valence-electron chi connectivity index (χ4n) is 6.81. The van der Waals surface area contributed by atoms with E-state index >= 15 is 0 Å². The average Bonchev–Trinajstić information content (AvgIpc) is 3.56. The minimum atomic E-state index is -1.59. The van der Waals surface area contributed by atoms with Gasteiger partial charge in [-0.1, -0.05) is 53.5 Å². The number of pyridine rings is 1. The Morgan fingerprint density at radius 3 is 2.65 bits per heavy atom. The number of ether oxygens (including phenoxy) is 3.